The van der Waals surface area contributed by atoms with Crippen LogP contribution in [0.3, 0.4) is 0 Å². The summed E-state index contributed by atoms with van der Waals surface area (Å²) in [5.74, 6) is -0.526. The lowest BCUT2D eigenvalue weighted by molar-refractivity contribution is 0.0806. The fourth-order valence-electron chi connectivity index (χ4n) is 1.11. The molecule has 0 fully saturated rings. The molecule has 1 aromatic carbocycles. The second-order valence-electron chi connectivity index (χ2n) is 4.08. The van der Waals surface area contributed by atoms with Gasteiger partial charge in [-0.05, 0) is 12.1 Å². The molecule has 0 atom stereocenters. The molecule has 16 heavy (non-hydrogen) atoms. The van der Waals surface area contributed by atoms with E-state index in [1.54, 1.807) is 19.1 Å². The van der Waals surface area contributed by atoms with Gasteiger partial charge in [-0.15, -0.1) is 0 Å². The van der Waals surface area contributed by atoms with Gasteiger partial charge in [-0.25, -0.2) is 4.39 Å². The summed E-state index contributed by atoms with van der Waals surface area (Å²) in [6.07, 6.45) is 0. The molecule has 0 unspecified atom stereocenters. The highest BCUT2D eigenvalue weighted by atomic mass is 35.5. The molecule has 0 aromatic heterocycles. The Bertz CT molecular complexity index is 356. The lowest BCUT2D eigenvalue weighted by Crippen LogP contribution is -2.34. The first-order valence-electron chi connectivity index (χ1n) is 4.92. The summed E-state index contributed by atoms with van der Waals surface area (Å²) in [5.41, 5.74) is -0.421. The Hall–Kier alpha value is -0.840. The van der Waals surface area contributed by atoms with Crippen LogP contribution in [0.5, 0.6) is 0 Å². The number of rotatable bonds is 5. The van der Waals surface area contributed by atoms with Crippen molar-refractivity contribution in [3.05, 3.63) is 29.0 Å². The summed E-state index contributed by atoms with van der Waals surface area (Å²) in [6.45, 7) is 1.59. The molecule has 5 heteroatoms. The molecule has 0 radical (unpaired) electrons. The van der Waals surface area contributed by atoms with Crippen LogP contribution >= 0.6 is 11.6 Å². The summed E-state index contributed by atoms with van der Waals surface area (Å²) in [4.78, 5) is 0. The predicted molar refractivity (Wildman–Crippen MR) is 62.2 cm³/mol. The highest BCUT2D eigenvalue weighted by Gasteiger charge is 2.22. The van der Waals surface area contributed by atoms with E-state index in [2.05, 4.69) is 5.32 Å². The van der Waals surface area contributed by atoms with E-state index in [9.17, 15) is 4.39 Å². The quantitative estimate of drug-likeness (QED) is 0.745. The maximum atomic E-state index is 13.5. The van der Waals surface area contributed by atoms with E-state index in [1.807, 2.05) is 0 Å². The monoisotopic (exact) mass is 247 g/mol. The van der Waals surface area contributed by atoms with Gasteiger partial charge in [-0.2, -0.15) is 0 Å². The second-order valence-corrected chi connectivity index (χ2v) is 4.49. The fourth-order valence-corrected chi connectivity index (χ4v) is 1.29. The number of aliphatic hydroxyl groups excluding tert-OH is 2. The molecule has 1 aromatic rings. The molecule has 0 bridgehead atoms. The van der Waals surface area contributed by atoms with Crippen molar-refractivity contribution in [2.75, 3.05) is 25.1 Å². The third-order valence-electron chi connectivity index (χ3n) is 2.42. The summed E-state index contributed by atoms with van der Waals surface area (Å²) in [6, 6.07) is 4.64. The van der Waals surface area contributed by atoms with Crippen LogP contribution in [-0.4, -0.2) is 30.0 Å². The summed E-state index contributed by atoms with van der Waals surface area (Å²) in [7, 11) is 0. The average Bonchev–Trinajstić information content (AvgIpc) is 2.31. The molecule has 0 saturated carbocycles. The number of benzene rings is 1. The van der Waals surface area contributed by atoms with Crippen LogP contribution < -0.4 is 5.32 Å². The van der Waals surface area contributed by atoms with E-state index in [0.29, 0.717) is 0 Å². The van der Waals surface area contributed by atoms with Crippen molar-refractivity contribution < 1.29 is 14.6 Å². The van der Waals surface area contributed by atoms with E-state index < -0.39 is 11.2 Å². The molecule has 1 rings (SSSR count). The fraction of sp³-hybridized carbons (Fsp3) is 0.455. The van der Waals surface area contributed by atoms with E-state index in [-0.39, 0.29) is 30.5 Å². The van der Waals surface area contributed by atoms with Crippen molar-refractivity contribution >= 4 is 17.3 Å². The molecule has 90 valence electrons. The number of hydrogen-bond donors (Lipinski definition) is 3. The first-order valence-corrected chi connectivity index (χ1v) is 5.30. The third-order valence-corrected chi connectivity index (χ3v) is 2.71. The second kappa shape index (κ2) is 5.48. The Morgan fingerprint density at radius 2 is 2.00 bits per heavy atom. The van der Waals surface area contributed by atoms with Crippen molar-refractivity contribution in [3.8, 4) is 0 Å². The molecule has 3 N–H and O–H groups in total. The molecule has 0 aliphatic rings. The van der Waals surface area contributed by atoms with E-state index in [1.165, 1.54) is 6.07 Å². The largest absolute Gasteiger partial charge is 0.396 e. The molecule has 0 aliphatic heterocycles. The number of nitrogens with one attached hydrogen (secondary N) is 1. The van der Waals surface area contributed by atoms with Crippen LogP contribution in [0.1, 0.15) is 6.92 Å². The highest BCUT2D eigenvalue weighted by Crippen LogP contribution is 2.23. The molecule has 0 spiro atoms. The predicted octanol–water partition coefficient (Wildman–Crippen LogP) is 1.88. The Balaban J connectivity index is 2.71. The van der Waals surface area contributed by atoms with Crippen LogP contribution in [-0.2, 0) is 0 Å². The Morgan fingerprint density at radius 1 is 1.38 bits per heavy atom. The zero-order valence-electron chi connectivity index (χ0n) is 9.00. The molecule has 0 amide bonds. The molecular formula is C11H15ClFNO2. The van der Waals surface area contributed by atoms with Gasteiger partial charge in [0.1, 0.15) is 0 Å². The first kappa shape index (κ1) is 13.2. The smallest absolute Gasteiger partial charge is 0.164 e. The van der Waals surface area contributed by atoms with Gasteiger partial charge in [0, 0.05) is 12.0 Å². The first-order chi connectivity index (χ1) is 7.52. The van der Waals surface area contributed by atoms with Gasteiger partial charge in [0.2, 0.25) is 0 Å². The van der Waals surface area contributed by atoms with Crippen molar-refractivity contribution in [3.63, 3.8) is 0 Å². The van der Waals surface area contributed by atoms with Gasteiger partial charge in [0.05, 0.1) is 23.9 Å². The van der Waals surface area contributed by atoms with Crippen molar-refractivity contribution in [2.45, 2.75) is 6.92 Å². The van der Waals surface area contributed by atoms with Crippen molar-refractivity contribution in [1.29, 1.82) is 0 Å². The van der Waals surface area contributed by atoms with Gasteiger partial charge in [-0.3, -0.25) is 0 Å². The molecule has 3 nitrogen and oxygen atoms in total. The minimum Gasteiger partial charge on any atom is -0.396 e. The highest BCUT2D eigenvalue weighted by molar-refractivity contribution is 6.31. The van der Waals surface area contributed by atoms with Gasteiger partial charge >= 0.3 is 0 Å². The normalized spacial score (nSPS) is 11.6. The van der Waals surface area contributed by atoms with E-state index in [0.717, 1.165) is 0 Å². The zero-order chi connectivity index (χ0) is 12.2. The number of hydrogen-bond acceptors (Lipinski definition) is 3. The summed E-state index contributed by atoms with van der Waals surface area (Å²) in [5, 5.41) is 21.0. The van der Waals surface area contributed by atoms with E-state index in [4.69, 9.17) is 21.8 Å². The Morgan fingerprint density at radius 3 is 2.56 bits per heavy atom. The maximum Gasteiger partial charge on any atom is 0.164 e. The van der Waals surface area contributed by atoms with Gasteiger partial charge in [-0.1, -0.05) is 24.6 Å². The van der Waals surface area contributed by atoms with Crippen LogP contribution in [0, 0.1) is 11.2 Å². The van der Waals surface area contributed by atoms with Crippen LogP contribution in [0.4, 0.5) is 10.1 Å². The zero-order valence-corrected chi connectivity index (χ0v) is 9.76. The molecular weight excluding hydrogens is 233 g/mol. The lowest BCUT2D eigenvalue weighted by Gasteiger charge is -2.25. The Labute approximate surface area is 98.9 Å². The number of aliphatic hydroxyl groups is 2. The molecule has 0 saturated heterocycles. The van der Waals surface area contributed by atoms with Crippen LogP contribution in [0.2, 0.25) is 5.02 Å². The van der Waals surface area contributed by atoms with Gasteiger partial charge in [0.15, 0.2) is 5.82 Å². The topological polar surface area (TPSA) is 52.5 Å². The van der Waals surface area contributed by atoms with Crippen LogP contribution in [0.25, 0.3) is 0 Å². The van der Waals surface area contributed by atoms with Crippen molar-refractivity contribution in [1.82, 2.24) is 0 Å². The standard InChI is InChI=1S/C11H15ClFNO2/c1-11(6-15,7-16)5-14-9-4-2-3-8(12)10(9)13/h2-4,14-16H,5-7H2,1H3. The van der Waals surface area contributed by atoms with Gasteiger partial charge < -0.3 is 15.5 Å². The minimum atomic E-state index is -0.686. The van der Waals surface area contributed by atoms with Crippen molar-refractivity contribution in [2.24, 2.45) is 5.41 Å². The number of halogens is 2. The lowest BCUT2D eigenvalue weighted by atomic mass is 9.93. The van der Waals surface area contributed by atoms with Gasteiger partial charge in [0.25, 0.3) is 0 Å². The Kier molecular flexibility index (Phi) is 4.53. The molecule has 0 heterocycles. The third kappa shape index (κ3) is 3.07. The average molecular weight is 248 g/mol. The van der Waals surface area contributed by atoms with E-state index >= 15 is 0 Å². The summed E-state index contributed by atoms with van der Waals surface area (Å²) < 4.78 is 13.5. The summed E-state index contributed by atoms with van der Waals surface area (Å²) >= 11 is 5.62. The minimum absolute atomic E-state index is 0.0414. The SMILES string of the molecule is CC(CO)(CO)CNc1cccc(Cl)c1F. The maximum absolute atomic E-state index is 13.5. The van der Waals surface area contributed by atoms with Crippen LogP contribution in [0.15, 0.2) is 18.2 Å². The molecule has 0 aliphatic carbocycles. The number of anilines is 1.